The van der Waals surface area contributed by atoms with E-state index in [0.717, 1.165) is 0 Å². The molecule has 1 heterocycles. The highest BCUT2D eigenvalue weighted by molar-refractivity contribution is 5.82. The number of rotatable bonds is 6. The summed E-state index contributed by atoms with van der Waals surface area (Å²) in [6.45, 7) is 3.11. The van der Waals surface area contributed by atoms with E-state index in [1.54, 1.807) is 6.92 Å². The van der Waals surface area contributed by atoms with E-state index >= 15 is 0 Å². The van der Waals surface area contributed by atoms with Crippen molar-refractivity contribution in [3.63, 3.8) is 0 Å². The fourth-order valence-corrected chi connectivity index (χ4v) is 1.14. The molecule has 6 nitrogen and oxygen atoms in total. The second-order valence-corrected chi connectivity index (χ2v) is 3.49. The molecule has 0 amide bonds. The van der Waals surface area contributed by atoms with Crippen molar-refractivity contribution in [3.05, 3.63) is 22.1 Å². The minimum absolute atomic E-state index is 0.00738. The Balaban J connectivity index is 2.36. The summed E-state index contributed by atoms with van der Waals surface area (Å²) in [5, 5.41) is 0. The molecule has 0 fully saturated rings. The van der Waals surface area contributed by atoms with Gasteiger partial charge in [-0.2, -0.15) is 0 Å². The molecule has 0 aliphatic carbocycles. The number of esters is 1. The third-order valence-corrected chi connectivity index (χ3v) is 2.20. The Hall–Kier alpha value is -1.85. The fraction of sp³-hybridized carbons (Fsp3) is 0.545. The van der Waals surface area contributed by atoms with E-state index in [1.165, 1.54) is 6.92 Å². The van der Waals surface area contributed by atoms with Crippen LogP contribution < -0.4 is 5.82 Å². The van der Waals surface area contributed by atoms with Gasteiger partial charge in [0, 0.05) is 12.8 Å². The van der Waals surface area contributed by atoms with E-state index in [9.17, 15) is 14.4 Å². The highest BCUT2D eigenvalue weighted by atomic mass is 16.6. The van der Waals surface area contributed by atoms with Crippen LogP contribution in [0.5, 0.6) is 0 Å². The zero-order valence-electron chi connectivity index (χ0n) is 9.78. The molecule has 6 heteroatoms. The molecular formula is C11H14O6. The van der Waals surface area contributed by atoms with Crippen LogP contribution in [0.1, 0.15) is 37.7 Å². The summed E-state index contributed by atoms with van der Waals surface area (Å²) in [6.07, 6.45) is 0.612. The molecule has 0 aromatic carbocycles. The van der Waals surface area contributed by atoms with Gasteiger partial charge in [0.1, 0.15) is 5.78 Å². The number of hydrogen-bond acceptors (Lipinski definition) is 6. The van der Waals surface area contributed by atoms with Gasteiger partial charge in [-0.05, 0) is 6.92 Å². The second kappa shape index (κ2) is 6.03. The summed E-state index contributed by atoms with van der Waals surface area (Å²) in [6, 6.07) is 0. The van der Waals surface area contributed by atoms with E-state index < -0.39 is 11.8 Å². The lowest BCUT2D eigenvalue weighted by molar-refractivity contribution is -0.146. The van der Waals surface area contributed by atoms with E-state index in [4.69, 9.17) is 4.74 Å². The molecule has 0 saturated heterocycles. The smallest absolute Gasteiger partial charge is 0.457 e. The summed E-state index contributed by atoms with van der Waals surface area (Å²) in [5.74, 6) is -0.852. The lowest BCUT2D eigenvalue weighted by Crippen LogP contribution is -2.07. The first-order chi connectivity index (χ1) is 8.02. The number of ether oxygens (including phenoxy) is 1. The quantitative estimate of drug-likeness (QED) is 0.699. The summed E-state index contributed by atoms with van der Waals surface area (Å²) < 4.78 is 14.1. The molecule has 0 bridgehead atoms. The SMILES string of the molecule is CCC(=O)CCC(=O)OCc1oc(=O)oc1C. The van der Waals surface area contributed by atoms with Crippen LogP contribution in [0.4, 0.5) is 0 Å². The molecule has 1 rings (SSSR count). The van der Waals surface area contributed by atoms with Crippen LogP contribution in [0, 0.1) is 6.92 Å². The van der Waals surface area contributed by atoms with Gasteiger partial charge in [-0.1, -0.05) is 6.92 Å². The van der Waals surface area contributed by atoms with Gasteiger partial charge in [0.15, 0.2) is 18.1 Å². The Morgan fingerprint density at radius 3 is 2.47 bits per heavy atom. The van der Waals surface area contributed by atoms with Gasteiger partial charge in [-0.15, -0.1) is 0 Å². The maximum Gasteiger partial charge on any atom is 0.519 e. The van der Waals surface area contributed by atoms with Crippen LogP contribution in [0.15, 0.2) is 13.6 Å². The molecule has 0 saturated carbocycles. The van der Waals surface area contributed by atoms with Crippen LogP contribution in [0.2, 0.25) is 0 Å². The summed E-state index contributed by atoms with van der Waals surface area (Å²) >= 11 is 0. The van der Waals surface area contributed by atoms with Crippen molar-refractivity contribution in [1.29, 1.82) is 0 Å². The van der Waals surface area contributed by atoms with Crippen LogP contribution in [-0.4, -0.2) is 11.8 Å². The molecule has 94 valence electrons. The summed E-state index contributed by atoms with van der Waals surface area (Å²) in [5.41, 5.74) is 0. The Morgan fingerprint density at radius 1 is 1.24 bits per heavy atom. The van der Waals surface area contributed by atoms with Crippen LogP contribution >= 0.6 is 0 Å². The van der Waals surface area contributed by atoms with Crippen LogP contribution in [0.3, 0.4) is 0 Å². The maximum absolute atomic E-state index is 11.2. The number of aryl methyl sites for hydroxylation is 1. The van der Waals surface area contributed by atoms with Gasteiger partial charge in [-0.3, -0.25) is 9.59 Å². The second-order valence-electron chi connectivity index (χ2n) is 3.49. The van der Waals surface area contributed by atoms with Crippen molar-refractivity contribution in [2.75, 3.05) is 0 Å². The number of Topliss-reactive ketones (excluding diaryl/α,β-unsaturated/α-hetero) is 1. The Bertz CT molecular complexity index is 453. The average Bonchev–Trinajstić information content (AvgIpc) is 2.62. The van der Waals surface area contributed by atoms with Crippen LogP contribution in [0.25, 0.3) is 0 Å². The first-order valence-corrected chi connectivity index (χ1v) is 5.29. The Kier molecular flexibility index (Phi) is 4.68. The average molecular weight is 242 g/mol. The standard InChI is InChI=1S/C11H14O6/c1-3-8(12)4-5-10(13)15-6-9-7(2)16-11(14)17-9/h3-6H2,1-2H3. The van der Waals surface area contributed by atoms with Crippen molar-refractivity contribution in [2.45, 2.75) is 39.7 Å². The van der Waals surface area contributed by atoms with E-state index in [2.05, 4.69) is 8.83 Å². The van der Waals surface area contributed by atoms with E-state index in [0.29, 0.717) is 6.42 Å². The number of hydrogen-bond donors (Lipinski definition) is 0. The normalized spacial score (nSPS) is 10.2. The third-order valence-electron chi connectivity index (χ3n) is 2.20. The molecule has 0 aliphatic heterocycles. The molecule has 0 aliphatic rings. The van der Waals surface area contributed by atoms with E-state index in [-0.39, 0.29) is 36.8 Å². The Labute approximate surface area is 97.5 Å². The predicted octanol–water partition coefficient (Wildman–Crippen LogP) is 1.34. The zero-order valence-corrected chi connectivity index (χ0v) is 9.78. The monoisotopic (exact) mass is 242 g/mol. The fourth-order valence-electron chi connectivity index (χ4n) is 1.14. The van der Waals surface area contributed by atoms with Crippen molar-refractivity contribution >= 4 is 11.8 Å². The first-order valence-electron chi connectivity index (χ1n) is 5.29. The Morgan fingerprint density at radius 2 is 1.94 bits per heavy atom. The first kappa shape index (κ1) is 13.2. The van der Waals surface area contributed by atoms with Crippen molar-refractivity contribution in [1.82, 2.24) is 0 Å². The van der Waals surface area contributed by atoms with Gasteiger partial charge in [0.2, 0.25) is 0 Å². The van der Waals surface area contributed by atoms with Crippen molar-refractivity contribution < 1.29 is 23.2 Å². The van der Waals surface area contributed by atoms with Crippen LogP contribution in [-0.2, 0) is 20.9 Å². The lowest BCUT2D eigenvalue weighted by Gasteiger charge is -2.01. The number of ketones is 1. The lowest BCUT2D eigenvalue weighted by atomic mass is 10.2. The van der Waals surface area contributed by atoms with Gasteiger partial charge in [0.05, 0.1) is 6.42 Å². The molecule has 1 aromatic heterocycles. The van der Waals surface area contributed by atoms with Crippen molar-refractivity contribution in [3.8, 4) is 0 Å². The molecule has 0 N–H and O–H groups in total. The largest absolute Gasteiger partial charge is 0.519 e. The molecule has 0 atom stereocenters. The molecular weight excluding hydrogens is 228 g/mol. The predicted molar refractivity (Wildman–Crippen MR) is 56.3 cm³/mol. The molecule has 0 unspecified atom stereocenters. The van der Waals surface area contributed by atoms with Gasteiger partial charge in [0.25, 0.3) is 0 Å². The van der Waals surface area contributed by atoms with Gasteiger partial charge in [-0.25, -0.2) is 4.79 Å². The molecule has 0 radical (unpaired) electrons. The van der Waals surface area contributed by atoms with Gasteiger partial charge >= 0.3 is 11.8 Å². The third kappa shape index (κ3) is 4.26. The topological polar surface area (TPSA) is 86.7 Å². The minimum Gasteiger partial charge on any atom is -0.457 e. The molecule has 17 heavy (non-hydrogen) atoms. The number of carbonyl (C=O) groups excluding carboxylic acids is 2. The minimum atomic E-state index is -0.824. The molecule has 1 aromatic rings. The highest BCUT2D eigenvalue weighted by Crippen LogP contribution is 2.07. The highest BCUT2D eigenvalue weighted by Gasteiger charge is 2.12. The summed E-state index contributed by atoms with van der Waals surface area (Å²) in [7, 11) is 0. The zero-order chi connectivity index (χ0) is 12.8. The maximum atomic E-state index is 11.2. The van der Waals surface area contributed by atoms with E-state index in [1.807, 2.05) is 0 Å². The molecule has 0 spiro atoms. The van der Waals surface area contributed by atoms with Gasteiger partial charge < -0.3 is 13.6 Å². The summed E-state index contributed by atoms with van der Waals surface area (Å²) in [4.78, 5) is 32.9. The number of carbonyl (C=O) groups is 2. The van der Waals surface area contributed by atoms with Crippen molar-refractivity contribution in [2.24, 2.45) is 0 Å².